The van der Waals surface area contributed by atoms with Crippen molar-refractivity contribution in [1.82, 2.24) is 9.38 Å². The number of carbonyl (C=O) groups excluding carboxylic acids is 1. The minimum Gasteiger partial charge on any atom is -0.307 e. The van der Waals surface area contributed by atoms with Crippen molar-refractivity contribution in [2.24, 2.45) is 0 Å². The molecule has 0 spiro atoms. The molecule has 138 valence electrons. The van der Waals surface area contributed by atoms with Crippen LogP contribution in [0.1, 0.15) is 16.6 Å². The van der Waals surface area contributed by atoms with Crippen molar-refractivity contribution in [3.8, 4) is 0 Å². The second-order valence-corrected chi connectivity index (χ2v) is 7.14. The molecule has 2 heterocycles. The molecule has 0 fully saturated rings. The van der Waals surface area contributed by atoms with Gasteiger partial charge in [0.1, 0.15) is 22.2 Å². The van der Waals surface area contributed by atoms with Crippen molar-refractivity contribution in [3.05, 3.63) is 65.4 Å². The number of thiazole rings is 1. The number of carbonyl (C=O) groups is 1. The summed E-state index contributed by atoms with van der Waals surface area (Å²) in [6, 6.07) is 13.1. The van der Waals surface area contributed by atoms with Crippen LogP contribution in [0.4, 0.5) is 19.0 Å². The number of hydrogen-bond acceptors (Lipinski definition) is 3. The number of amides is 1. The summed E-state index contributed by atoms with van der Waals surface area (Å²) < 4.78 is 39.8. The van der Waals surface area contributed by atoms with Crippen molar-refractivity contribution in [3.63, 3.8) is 0 Å². The van der Waals surface area contributed by atoms with Gasteiger partial charge in [-0.1, -0.05) is 36.4 Å². The Morgan fingerprint density at radius 3 is 2.67 bits per heavy atom. The summed E-state index contributed by atoms with van der Waals surface area (Å²) in [6.07, 6.45) is -3.47. The second-order valence-electron chi connectivity index (χ2n) is 5.85. The van der Waals surface area contributed by atoms with Gasteiger partial charge in [0.25, 0.3) is 0 Å². The second kappa shape index (κ2) is 6.54. The summed E-state index contributed by atoms with van der Waals surface area (Å²) in [4.78, 5) is 16.6. The number of imidazole rings is 1. The van der Waals surface area contributed by atoms with Gasteiger partial charge in [0.05, 0.1) is 0 Å². The fraction of sp³-hybridized carbons (Fsp3) is 0.111. The highest BCUT2D eigenvalue weighted by Crippen LogP contribution is 2.35. The Balaban J connectivity index is 1.59. The predicted molar refractivity (Wildman–Crippen MR) is 99.2 cm³/mol. The van der Waals surface area contributed by atoms with Gasteiger partial charge in [-0.05, 0) is 22.4 Å². The van der Waals surface area contributed by atoms with E-state index < -0.39 is 23.2 Å². The standard InChI is InChI=1S/C18H11ClF3N3OS/c19-14(12-6-5-10-3-1-2-4-11(10)7-12)16(26)24-15-17-25(9-23-15)13(8-27-17)18(20,21)22/h1-9,14H,(H,24,26)/t14-/m0/s1. The molecule has 27 heavy (non-hydrogen) atoms. The third-order valence-corrected chi connectivity index (χ3v) is 5.50. The van der Waals surface area contributed by atoms with Gasteiger partial charge < -0.3 is 5.32 Å². The molecule has 0 radical (unpaired) electrons. The summed E-state index contributed by atoms with van der Waals surface area (Å²) in [5.74, 6) is -0.513. The van der Waals surface area contributed by atoms with Gasteiger partial charge in [0.2, 0.25) is 5.91 Å². The average Bonchev–Trinajstić information content (AvgIpc) is 3.23. The predicted octanol–water partition coefficient (Wildman–Crippen LogP) is 5.49. The minimum absolute atomic E-state index is 0.0481. The van der Waals surface area contributed by atoms with E-state index >= 15 is 0 Å². The zero-order valence-electron chi connectivity index (χ0n) is 13.5. The lowest BCUT2D eigenvalue weighted by Gasteiger charge is -2.10. The molecular formula is C18H11ClF3N3OS. The monoisotopic (exact) mass is 409 g/mol. The van der Waals surface area contributed by atoms with Crippen LogP contribution in [0.5, 0.6) is 0 Å². The molecule has 2 aromatic heterocycles. The molecule has 0 aliphatic carbocycles. The van der Waals surface area contributed by atoms with E-state index in [2.05, 4.69) is 10.3 Å². The summed E-state index contributed by atoms with van der Waals surface area (Å²) in [6.45, 7) is 0. The normalized spacial score (nSPS) is 13.2. The maximum Gasteiger partial charge on any atom is 0.432 e. The molecule has 0 aliphatic rings. The lowest BCUT2D eigenvalue weighted by Crippen LogP contribution is -2.17. The van der Waals surface area contributed by atoms with Crippen LogP contribution >= 0.6 is 22.9 Å². The number of anilines is 1. The van der Waals surface area contributed by atoms with Crippen LogP contribution in [-0.2, 0) is 11.0 Å². The molecule has 4 rings (SSSR count). The number of aromatic nitrogens is 2. The largest absolute Gasteiger partial charge is 0.432 e. The Kier molecular flexibility index (Phi) is 4.32. The van der Waals surface area contributed by atoms with E-state index in [0.717, 1.165) is 38.2 Å². The summed E-state index contributed by atoms with van der Waals surface area (Å²) in [5.41, 5.74) is -0.252. The van der Waals surface area contributed by atoms with E-state index in [1.54, 1.807) is 6.07 Å². The third-order valence-electron chi connectivity index (χ3n) is 4.09. The summed E-state index contributed by atoms with van der Waals surface area (Å²) >= 11 is 7.13. The quantitative estimate of drug-likeness (QED) is 0.455. The Hall–Kier alpha value is -2.58. The molecule has 1 atom stereocenters. The van der Waals surface area contributed by atoms with Gasteiger partial charge in [0, 0.05) is 5.38 Å². The van der Waals surface area contributed by atoms with Crippen molar-refractivity contribution in [2.75, 3.05) is 5.32 Å². The van der Waals surface area contributed by atoms with Crippen molar-refractivity contribution in [2.45, 2.75) is 11.6 Å². The molecule has 9 heteroatoms. The molecule has 0 saturated heterocycles. The first-order valence-corrected chi connectivity index (χ1v) is 9.11. The Morgan fingerprint density at radius 1 is 1.19 bits per heavy atom. The van der Waals surface area contributed by atoms with E-state index in [9.17, 15) is 18.0 Å². The number of nitrogens with one attached hydrogen (secondary N) is 1. The van der Waals surface area contributed by atoms with Crippen LogP contribution in [0, 0.1) is 0 Å². The zero-order chi connectivity index (χ0) is 19.2. The third kappa shape index (κ3) is 3.26. The lowest BCUT2D eigenvalue weighted by atomic mass is 10.0. The molecular weight excluding hydrogens is 399 g/mol. The van der Waals surface area contributed by atoms with Crippen LogP contribution in [-0.4, -0.2) is 15.3 Å². The Morgan fingerprint density at radius 2 is 1.93 bits per heavy atom. The smallest absolute Gasteiger partial charge is 0.307 e. The van der Waals surface area contributed by atoms with Crippen molar-refractivity contribution >= 4 is 50.3 Å². The first-order chi connectivity index (χ1) is 12.8. The molecule has 0 saturated carbocycles. The van der Waals surface area contributed by atoms with Crippen LogP contribution in [0.15, 0.2) is 54.2 Å². The number of nitrogens with zero attached hydrogens (tertiary/aromatic N) is 2. The Bertz CT molecular complexity index is 1150. The van der Waals surface area contributed by atoms with Gasteiger partial charge in [-0.25, -0.2) is 4.98 Å². The molecule has 1 N–H and O–H groups in total. The number of benzene rings is 2. The molecule has 4 nitrogen and oxygen atoms in total. The molecule has 0 unspecified atom stereocenters. The van der Waals surface area contributed by atoms with Crippen molar-refractivity contribution < 1.29 is 18.0 Å². The summed E-state index contributed by atoms with van der Waals surface area (Å²) in [5, 5.41) is 4.44. The number of hydrogen-bond donors (Lipinski definition) is 1. The highest BCUT2D eigenvalue weighted by Gasteiger charge is 2.35. The highest BCUT2D eigenvalue weighted by atomic mass is 35.5. The average molecular weight is 410 g/mol. The van der Waals surface area contributed by atoms with Crippen molar-refractivity contribution in [1.29, 1.82) is 0 Å². The van der Waals surface area contributed by atoms with Gasteiger partial charge in [0.15, 0.2) is 5.82 Å². The maximum absolute atomic E-state index is 12.9. The van der Waals surface area contributed by atoms with E-state index in [-0.39, 0.29) is 10.6 Å². The number of halogens is 4. The van der Waals surface area contributed by atoms with E-state index in [0.29, 0.717) is 5.56 Å². The van der Waals surface area contributed by atoms with Crippen LogP contribution < -0.4 is 5.32 Å². The molecule has 2 aromatic carbocycles. The fourth-order valence-electron chi connectivity index (χ4n) is 2.78. The molecule has 1 amide bonds. The maximum atomic E-state index is 12.9. The van der Waals surface area contributed by atoms with E-state index in [1.807, 2.05) is 36.4 Å². The van der Waals surface area contributed by atoms with Gasteiger partial charge >= 0.3 is 6.18 Å². The first-order valence-electron chi connectivity index (χ1n) is 7.80. The van der Waals surface area contributed by atoms with Gasteiger partial charge in [-0.3, -0.25) is 9.20 Å². The topological polar surface area (TPSA) is 46.4 Å². The van der Waals surface area contributed by atoms with Crippen LogP contribution in [0.25, 0.3) is 15.6 Å². The lowest BCUT2D eigenvalue weighted by molar-refractivity contribution is -0.141. The van der Waals surface area contributed by atoms with E-state index in [4.69, 9.17) is 11.6 Å². The molecule has 4 aromatic rings. The van der Waals surface area contributed by atoms with E-state index in [1.165, 1.54) is 0 Å². The first kappa shape index (κ1) is 17.8. The van der Waals surface area contributed by atoms with Crippen LogP contribution in [0.3, 0.4) is 0 Å². The summed E-state index contributed by atoms with van der Waals surface area (Å²) in [7, 11) is 0. The SMILES string of the molecule is O=C(Nc1ncn2c(C(F)(F)F)csc12)[C@@H](Cl)c1ccc2ccccc2c1. The number of rotatable bonds is 3. The fourth-order valence-corrected chi connectivity index (χ4v) is 3.91. The number of fused-ring (bicyclic) bond motifs is 2. The Labute approximate surface area is 160 Å². The molecule has 0 bridgehead atoms. The highest BCUT2D eigenvalue weighted by molar-refractivity contribution is 7.16. The van der Waals surface area contributed by atoms with Gasteiger partial charge in [-0.15, -0.1) is 22.9 Å². The minimum atomic E-state index is -4.50. The zero-order valence-corrected chi connectivity index (χ0v) is 15.1. The van der Waals surface area contributed by atoms with Crippen LogP contribution in [0.2, 0.25) is 0 Å². The molecule has 0 aliphatic heterocycles. The number of alkyl halides is 4. The van der Waals surface area contributed by atoms with Gasteiger partial charge in [-0.2, -0.15) is 13.2 Å².